The van der Waals surface area contributed by atoms with Crippen LogP contribution in [0, 0.1) is 5.82 Å². The van der Waals surface area contributed by atoms with E-state index in [0.717, 1.165) is 18.4 Å². The molecule has 0 unspecified atom stereocenters. The van der Waals surface area contributed by atoms with Crippen molar-refractivity contribution in [1.82, 2.24) is 4.98 Å². The van der Waals surface area contributed by atoms with Gasteiger partial charge >= 0.3 is 0 Å². The van der Waals surface area contributed by atoms with Crippen molar-refractivity contribution in [3.05, 3.63) is 29.3 Å². The Hall–Kier alpha value is -1.25. The van der Waals surface area contributed by atoms with Crippen molar-refractivity contribution in [3.8, 4) is 0 Å². The number of hydrogen-bond acceptors (Lipinski definition) is 2. The Kier molecular flexibility index (Phi) is 4.85. The average Bonchev–Trinajstić information content (AvgIpc) is 2.52. The van der Waals surface area contributed by atoms with Crippen molar-refractivity contribution in [1.29, 1.82) is 0 Å². The van der Waals surface area contributed by atoms with Crippen molar-refractivity contribution < 1.29 is 9.18 Å². The Morgan fingerprint density at radius 2 is 1.72 bits per heavy atom. The molecule has 0 aromatic carbocycles. The van der Waals surface area contributed by atoms with Gasteiger partial charge in [-0.25, -0.2) is 4.39 Å². The summed E-state index contributed by atoms with van der Waals surface area (Å²) in [7, 11) is 0. The Morgan fingerprint density at radius 1 is 1.11 bits per heavy atom. The molecular weight excluding hydrogens is 229 g/mol. The van der Waals surface area contributed by atoms with Crippen LogP contribution in [-0.4, -0.2) is 11.3 Å². The van der Waals surface area contributed by atoms with Crippen LogP contribution in [0.2, 0.25) is 0 Å². The number of carbonyl (C=O) groups is 1. The number of halogens is 1. The lowest BCUT2D eigenvalue weighted by Gasteiger charge is -2.16. The van der Waals surface area contributed by atoms with Gasteiger partial charge in [-0.1, -0.05) is 38.5 Å². The monoisotopic (exact) mass is 249 g/mol. The standard InChI is InChI=1S/C15H20FNO/c16-14-9-13(10-17-15(14)11-18)12-7-5-3-1-2-4-6-8-12/h9-12H,1-8H2. The number of nitrogens with zero attached hydrogens (tertiary/aromatic N) is 1. The Bertz CT molecular complexity index is 395. The normalized spacial score (nSPS) is 18.7. The van der Waals surface area contributed by atoms with Gasteiger partial charge in [-0.05, 0) is 30.4 Å². The second-order valence-corrected chi connectivity index (χ2v) is 5.15. The molecule has 0 N–H and O–H groups in total. The van der Waals surface area contributed by atoms with Crippen LogP contribution >= 0.6 is 0 Å². The predicted molar refractivity (Wildman–Crippen MR) is 69.3 cm³/mol. The van der Waals surface area contributed by atoms with Crippen LogP contribution in [0.5, 0.6) is 0 Å². The van der Waals surface area contributed by atoms with Crippen molar-refractivity contribution in [3.63, 3.8) is 0 Å². The predicted octanol–water partition coefficient (Wildman–Crippen LogP) is 4.25. The third-order valence-corrected chi connectivity index (χ3v) is 3.83. The van der Waals surface area contributed by atoms with Gasteiger partial charge in [0.1, 0.15) is 5.69 Å². The Morgan fingerprint density at radius 3 is 2.28 bits per heavy atom. The van der Waals surface area contributed by atoms with Crippen LogP contribution in [0.25, 0.3) is 0 Å². The first kappa shape index (κ1) is 13.2. The fourth-order valence-electron chi connectivity index (χ4n) is 2.74. The summed E-state index contributed by atoms with van der Waals surface area (Å²) < 4.78 is 13.6. The zero-order valence-electron chi connectivity index (χ0n) is 10.7. The molecule has 0 atom stereocenters. The fourth-order valence-corrected chi connectivity index (χ4v) is 2.74. The van der Waals surface area contributed by atoms with Crippen molar-refractivity contribution in [2.24, 2.45) is 0 Å². The maximum Gasteiger partial charge on any atom is 0.171 e. The maximum atomic E-state index is 13.6. The average molecular weight is 249 g/mol. The summed E-state index contributed by atoms with van der Waals surface area (Å²) in [4.78, 5) is 14.5. The summed E-state index contributed by atoms with van der Waals surface area (Å²) in [5.74, 6) is -0.0758. The highest BCUT2D eigenvalue weighted by Crippen LogP contribution is 2.30. The summed E-state index contributed by atoms with van der Waals surface area (Å²) >= 11 is 0. The van der Waals surface area contributed by atoms with Crippen molar-refractivity contribution in [2.75, 3.05) is 0 Å². The van der Waals surface area contributed by atoms with E-state index in [1.165, 1.54) is 44.6 Å². The second kappa shape index (κ2) is 6.62. The second-order valence-electron chi connectivity index (χ2n) is 5.15. The largest absolute Gasteiger partial charge is 0.296 e. The van der Waals surface area contributed by atoms with Gasteiger partial charge in [0, 0.05) is 6.20 Å². The maximum absolute atomic E-state index is 13.6. The molecular formula is C15H20FNO. The van der Waals surface area contributed by atoms with Crippen molar-refractivity contribution >= 4 is 6.29 Å². The van der Waals surface area contributed by atoms with Gasteiger partial charge in [0.2, 0.25) is 0 Å². The first-order valence-corrected chi connectivity index (χ1v) is 6.92. The van der Waals surface area contributed by atoms with E-state index in [1.54, 1.807) is 6.20 Å². The van der Waals surface area contributed by atoms with E-state index < -0.39 is 5.82 Å². The summed E-state index contributed by atoms with van der Waals surface area (Å²) in [6.45, 7) is 0. The van der Waals surface area contributed by atoms with E-state index in [9.17, 15) is 9.18 Å². The smallest absolute Gasteiger partial charge is 0.171 e. The van der Waals surface area contributed by atoms with Crippen LogP contribution in [-0.2, 0) is 0 Å². The lowest BCUT2D eigenvalue weighted by molar-refractivity contribution is 0.111. The van der Waals surface area contributed by atoms with Gasteiger partial charge in [0.15, 0.2) is 12.1 Å². The van der Waals surface area contributed by atoms with Gasteiger partial charge in [-0.15, -0.1) is 0 Å². The highest BCUT2D eigenvalue weighted by molar-refractivity contribution is 5.72. The molecule has 1 saturated carbocycles. The molecule has 2 nitrogen and oxygen atoms in total. The highest BCUT2D eigenvalue weighted by Gasteiger charge is 2.15. The number of hydrogen-bond donors (Lipinski definition) is 0. The SMILES string of the molecule is O=Cc1ncc(C2CCCCCCCC2)cc1F. The summed E-state index contributed by atoms with van der Waals surface area (Å²) in [6.07, 6.45) is 12.0. The topological polar surface area (TPSA) is 30.0 Å². The van der Waals surface area contributed by atoms with Crippen LogP contribution in [0.15, 0.2) is 12.3 Å². The minimum atomic E-state index is -0.484. The lowest BCUT2D eigenvalue weighted by Crippen LogP contribution is -2.03. The van der Waals surface area contributed by atoms with E-state index >= 15 is 0 Å². The van der Waals surface area contributed by atoms with E-state index in [0.29, 0.717) is 12.2 Å². The molecule has 0 radical (unpaired) electrons. The van der Waals surface area contributed by atoms with E-state index in [1.807, 2.05) is 0 Å². The Balaban J connectivity index is 2.12. The molecule has 0 saturated heterocycles. The molecule has 1 heterocycles. The van der Waals surface area contributed by atoms with E-state index in [2.05, 4.69) is 4.98 Å². The molecule has 1 aromatic rings. The van der Waals surface area contributed by atoms with Crippen LogP contribution in [0.3, 0.4) is 0 Å². The number of aromatic nitrogens is 1. The lowest BCUT2D eigenvalue weighted by atomic mass is 9.90. The minimum absolute atomic E-state index is 0.0817. The first-order chi connectivity index (χ1) is 8.81. The molecule has 1 fully saturated rings. The number of pyridine rings is 1. The van der Waals surface area contributed by atoms with Gasteiger partial charge in [-0.2, -0.15) is 0 Å². The van der Waals surface area contributed by atoms with Gasteiger partial charge < -0.3 is 0 Å². The zero-order valence-corrected chi connectivity index (χ0v) is 10.7. The minimum Gasteiger partial charge on any atom is -0.296 e. The molecule has 0 aliphatic heterocycles. The van der Waals surface area contributed by atoms with E-state index in [-0.39, 0.29) is 5.69 Å². The molecule has 0 bridgehead atoms. The van der Waals surface area contributed by atoms with Gasteiger partial charge in [0.25, 0.3) is 0 Å². The zero-order chi connectivity index (χ0) is 12.8. The molecule has 0 amide bonds. The van der Waals surface area contributed by atoms with Gasteiger partial charge in [0.05, 0.1) is 0 Å². The van der Waals surface area contributed by atoms with Crippen LogP contribution < -0.4 is 0 Å². The molecule has 2 rings (SSSR count). The summed E-state index contributed by atoms with van der Waals surface area (Å²) in [5, 5.41) is 0. The number of aldehydes is 1. The highest BCUT2D eigenvalue weighted by atomic mass is 19.1. The Labute approximate surface area is 108 Å². The molecule has 1 aliphatic rings. The van der Waals surface area contributed by atoms with Crippen LogP contribution in [0.4, 0.5) is 4.39 Å². The molecule has 18 heavy (non-hydrogen) atoms. The summed E-state index contributed by atoms with van der Waals surface area (Å²) in [5.41, 5.74) is 0.877. The third-order valence-electron chi connectivity index (χ3n) is 3.83. The summed E-state index contributed by atoms with van der Waals surface area (Å²) in [6, 6.07) is 1.50. The molecule has 3 heteroatoms. The molecule has 98 valence electrons. The molecule has 1 aliphatic carbocycles. The van der Waals surface area contributed by atoms with Crippen molar-refractivity contribution in [2.45, 2.75) is 57.3 Å². The quantitative estimate of drug-likeness (QED) is 0.733. The number of carbonyl (C=O) groups excluding carboxylic acids is 1. The number of rotatable bonds is 2. The van der Waals surface area contributed by atoms with Gasteiger partial charge in [-0.3, -0.25) is 9.78 Å². The first-order valence-electron chi connectivity index (χ1n) is 6.92. The van der Waals surface area contributed by atoms with E-state index in [4.69, 9.17) is 0 Å². The third kappa shape index (κ3) is 3.37. The van der Waals surface area contributed by atoms with Crippen LogP contribution in [0.1, 0.15) is 73.3 Å². The molecule has 0 spiro atoms. The molecule has 1 aromatic heterocycles. The fraction of sp³-hybridized carbons (Fsp3) is 0.600.